The zero-order chi connectivity index (χ0) is 28.7. The lowest BCUT2D eigenvalue weighted by atomic mass is 9.88. The van der Waals surface area contributed by atoms with Crippen LogP contribution in [-0.2, 0) is 0 Å². The summed E-state index contributed by atoms with van der Waals surface area (Å²) in [7, 11) is 0. The number of nitrogens with one attached hydrogen (secondary N) is 1. The molecule has 0 aromatic heterocycles. The lowest BCUT2D eigenvalue weighted by molar-refractivity contribution is 0.342. The monoisotopic (exact) mass is 551 g/mol. The maximum Gasteiger partial charge on any atom is -0.00510 e. The lowest BCUT2D eigenvalue weighted by Crippen LogP contribution is -2.24. The summed E-state index contributed by atoms with van der Waals surface area (Å²) < 4.78 is 0. The Morgan fingerprint density at radius 3 is 0.949 bits per heavy atom. The average Bonchev–Trinajstić information content (AvgIpc) is 2.95. The van der Waals surface area contributed by atoms with Crippen LogP contribution in [0.5, 0.6) is 0 Å². The van der Waals surface area contributed by atoms with Crippen LogP contribution < -0.4 is 5.48 Å². The molecule has 0 aromatic carbocycles. The van der Waals surface area contributed by atoms with Crippen LogP contribution in [0.15, 0.2) is 0 Å². The Kier molecular flexibility index (Phi) is 32.4. The topological polar surface area (TPSA) is 35.1 Å². The van der Waals surface area contributed by atoms with Crippen molar-refractivity contribution in [2.45, 2.75) is 226 Å². The van der Waals surface area contributed by atoms with Crippen molar-refractivity contribution >= 4 is 0 Å². The molecule has 0 saturated carbocycles. The van der Waals surface area contributed by atoms with E-state index in [4.69, 9.17) is 0 Å². The molecule has 0 heterocycles. The van der Waals surface area contributed by atoms with Crippen LogP contribution in [0.1, 0.15) is 220 Å². The molecule has 2 atom stereocenters. The molecule has 0 aromatic rings. The van der Waals surface area contributed by atoms with E-state index < -0.39 is 0 Å². The number of unbranched alkanes of at least 4 members (excludes halogenated alkanes) is 16. The third kappa shape index (κ3) is 27.8. The number of hydrogen-bond donors (Lipinski definition) is 1. The summed E-state index contributed by atoms with van der Waals surface area (Å²) in [5.74, 6) is 1.78. The van der Waals surface area contributed by atoms with Crippen molar-refractivity contribution < 1.29 is 0 Å². The van der Waals surface area contributed by atoms with Gasteiger partial charge in [-0.2, -0.15) is 0 Å². The highest BCUT2D eigenvalue weighted by molar-refractivity contribution is 4.71. The summed E-state index contributed by atoms with van der Waals surface area (Å²) in [6.07, 6.45) is 41.1. The van der Waals surface area contributed by atoms with Gasteiger partial charge in [-0.15, -0.1) is 0 Å². The molecule has 0 aliphatic carbocycles. The first-order valence-electron chi connectivity index (χ1n) is 18.6. The summed E-state index contributed by atoms with van der Waals surface area (Å²) in [6, 6.07) is 0.190. The molecule has 0 aliphatic rings. The fourth-order valence-corrected chi connectivity index (χ4v) is 6.55. The molecule has 0 amide bonds. The second kappa shape index (κ2) is 32.4. The Bertz CT molecular complexity index is 401. The van der Waals surface area contributed by atoms with Crippen molar-refractivity contribution in [1.29, 1.82) is 0 Å². The van der Waals surface area contributed by atoms with Gasteiger partial charge in [0, 0.05) is 0 Å². The Morgan fingerprint density at radius 2 is 0.615 bits per heavy atom. The van der Waals surface area contributed by atoms with Crippen LogP contribution in [0.3, 0.4) is 0 Å². The maximum absolute atomic E-state index is 11.8. The third-order valence-corrected chi connectivity index (χ3v) is 9.36. The highest BCUT2D eigenvalue weighted by Crippen LogP contribution is 2.26. The van der Waals surface area contributed by atoms with Crippen LogP contribution in [-0.4, -0.2) is 6.04 Å². The van der Waals surface area contributed by atoms with Crippen molar-refractivity contribution in [2.75, 3.05) is 0 Å². The minimum atomic E-state index is 0.190. The van der Waals surface area contributed by atoms with E-state index in [1.54, 1.807) is 0 Å². The molecule has 0 saturated heterocycles. The quantitative estimate of drug-likeness (QED) is 0.0651. The average molecular weight is 551 g/mol. The van der Waals surface area contributed by atoms with Crippen LogP contribution in [0, 0.1) is 17.0 Å². The Hall–Kier alpha value is -0.0800. The normalized spacial score (nSPS) is 14.1. The zero-order valence-electron chi connectivity index (χ0n) is 27.9. The SMILES string of the molecule is CCCCCCCCCCC(CCCC)CCCC(CCCC(CCCC)CCCCCCCCCC)N[O-]. The Labute approximate surface area is 248 Å². The van der Waals surface area contributed by atoms with Crippen LogP contribution in [0.2, 0.25) is 0 Å². The van der Waals surface area contributed by atoms with Gasteiger partial charge in [0.25, 0.3) is 0 Å². The Balaban J connectivity index is 4.15. The van der Waals surface area contributed by atoms with Crippen molar-refractivity contribution in [1.82, 2.24) is 5.48 Å². The molecule has 0 rings (SSSR count). The summed E-state index contributed by atoms with van der Waals surface area (Å²) in [5.41, 5.74) is 2.45. The van der Waals surface area contributed by atoms with Gasteiger partial charge in [0.1, 0.15) is 0 Å². The lowest BCUT2D eigenvalue weighted by Gasteiger charge is -2.25. The summed E-state index contributed by atoms with van der Waals surface area (Å²) in [5, 5.41) is 11.8. The zero-order valence-corrected chi connectivity index (χ0v) is 27.9. The predicted octanol–water partition coefficient (Wildman–Crippen LogP) is 13.5. The first kappa shape index (κ1) is 38.9. The molecule has 1 N–H and O–H groups in total. The molecule has 0 aliphatic heterocycles. The molecule has 2 unspecified atom stereocenters. The fraction of sp³-hybridized carbons (Fsp3) is 1.00. The standard InChI is InChI=1S/C37H76NO/c1-5-9-13-15-17-19-21-23-29-35(27-11-7-3)31-25-33-37(38-39)34-26-32-36(28-12-8-4)30-24-22-20-18-16-14-10-6-2/h35-38H,5-34H2,1-4H3/q-1. The number of hydrogen-bond acceptors (Lipinski definition) is 2. The van der Waals surface area contributed by atoms with Crippen molar-refractivity contribution in [3.05, 3.63) is 5.21 Å². The summed E-state index contributed by atoms with van der Waals surface area (Å²) in [6.45, 7) is 9.25. The third-order valence-electron chi connectivity index (χ3n) is 9.36. The van der Waals surface area contributed by atoms with Gasteiger partial charge in [-0.1, -0.05) is 207 Å². The van der Waals surface area contributed by atoms with Gasteiger partial charge in [0.15, 0.2) is 0 Å². The van der Waals surface area contributed by atoms with E-state index in [1.807, 2.05) is 0 Å². The summed E-state index contributed by atoms with van der Waals surface area (Å²) >= 11 is 0. The molecular formula is C37H76NO-. The highest BCUT2D eigenvalue weighted by atomic mass is 16.5. The second-order valence-electron chi connectivity index (χ2n) is 13.2. The maximum atomic E-state index is 11.8. The minimum absolute atomic E-state index is 0.190. The number of hydroxylamine groups is 1. The fourth-order valence-electron chi connectivity index (χ4n) is 6.55. The molecule has 0 radical (unpaired) electrons. The van der Waals surface area contributed by atoms with E-state index in [0.717, 1.165) is 24.7 Å². The van der Waals surface area contributed by atoms with E-state index >= 15 is 0 Å². The molecule has 0 spiro atoms. The van der Waals surface area contributed by atoms with E-state index in [-0.39, 0.29) is 6.04 Å². The van der Waals surface area contributed by atoms with Crippen LogP contribution in [0.4, 0.5) is 0 Å². The van der Waals surface area contributed by atoms with Gasteiger partial charge in [-0.25, -0.2) is 0 Å². The molecule has 39 heavy (non-hydrogen) atoms. The van der Waals surface area contributed by atoms with Gasteiger partial charge < -0.3 is 10.7 Å². The molecule has 236 valence electrons. The minimum Gasteiger partial charge on any atom is -0.788 e. The molecule has 0 bridgehead atoms. The van der Waals surface area contributed by atoms with E-state index in [2.05, 4.69) is 33.2 Å². The van der Waals surface area contributed by atoms with E-state index in [0.29, 0.717) is 0 Å². The van der Waals surface area contributed by atoms with Gasteiger partial charge in [0.2, 0.25) is 0 Å². The molecule has 0 fully saturated rings. The first-order chi connectivity index (χ1) is 19.2. The van der Waals surface area contributed by atoms with Crippen molar-refractivity contribution in [3.63, 3.8) is 0 Å². The smallest absolute Gasteiger partial charge is 0.00510 e. The number of rotatable bonds is 33. The van der Waals surface area contributed by atoms with Crippen molar-refractivity contribution in [2.24, 2.45) is 11.8 Å². The second-order valence-corrected chi connectivity index (χ2v) is 13.2. The van der Waals surface area contributed by atoms with Crippen LogP contribution in [0.25, 0.3) is 0 Å². The molecule has 2 nitrogen and oxygen atoms in total. The predicted molar refractivity (Wildman–Crippen MR) is 178 cm³/mol. The highest BCUT2D eigenvalue weighted by Gasteiger charge is 2.13. The molecular weight excluding hydrogens is 474 g/mol. The van der Waals surface area contributed by atoms with E-state index in [1.165, 1.54) is 180 Å². The van der Waals surface area contributed by atoms with E-state index in [9.17, 15) is 5.21 Å². The van der Waals surface area contributed by atoms with Gasteiger partial charge in [-0.05, 0) is 30.7 Å². The van der Waals surface area contributed by atoms with Gasteiger partial charge in [-0.3, -0.25) is 0 Å². The largest absolute Gasteiger partial charge is 0.788 e. The van der Waals surface area contributed by atoms with Crippen LogP contribution >= 0.6 is 0 Å². The first-order valence-corrected chi connectivity index (χ1v) is 18.6. The Morgan fingerprint density at radius 1 is 0.333 bits per heavy atom. The summed E-state index contributed by atoms with van der Waals surface area (Å²) in [4.78, 5) is 0. The molecule has 2 heteroatoms. The van der Waals surface area contributed by atoms with Crippen molar-refractivity contribution in [3.8, 4) is 0 Å². The van der Waals surface area contributed by atoms with Gasteiger partial charge >= 0.3 is 0 Å². The van der Waals surface area contributed by atoms with Gasteiger partial charge in [0.05, 0.1) is 0 Å².